The van der Waals surface area contributed by atoms with Crippen LogP contribution in [0.5, 0.6) is 0 Å². The van der Waals surface area contributed by atoms with E-state index >= 15 is 0 Å². The molecule has 1 saturated heterocycles. The van der Waals surface area contributed by atoms with Gasteiger partial charge in [-0.25, -0.2) is 8.42 Å². The van der Waals surface area contributed by atoms with Gasteiger partial charge in [0, 0.05) is 37.8 Å². The summed E-state index contributed by atoms with van der Waals surface area (Å²) in [5, 5.41) is 0. The molecule has 6 nitrogen and oxygen atoms in total. The largest absolute Gasteiger partial charge is 0.339 e. The highest BCUT2D eigenvalue weighted by Crippen LogP contribution is 2.25. The minimum atomic E-state index is -3.29. The lowest BCUT2D eigenvalue weighted by Crippen LogP contribution is -2.53. The maximum absolute atomic E-state index is 12.4. The van der Waals surface area contributed by atoms with Crippen LogP contribution in [0.4, 0.5) is 0 Å². The third kappa shape index (κ3) is 4.44. The molecule has 126 valence electrons. The van der Waals surface area contributed by atoms with Crippen LogP contribution in [0, 0.1) is 5.92 Å². The molecular weight excluding hydrogens is 304 g/mol. The van der Waals surface area contributed by atoms with Crippen molar-refractivity contribution in [2.24, 2.45) is 5.92 Å². The number of rotatable bonds is 4. The quantitative estimate of drug-likeness (QED) is 0.759. The van der Waals surface area contributed by atoms with Crippen molar-refractivity contribution in [2.75, 3.05) is 37.7 Å². The van der Waals surface area contributed by atoms with E-state index in [0.29, 0.717) is 26.2 Å². The number of hydrogen-bond donors (Lipinski definition) is 0. The first-order chi connectivity index (χ1) is 10.4. The lowest BCUT2D eigenvalue weighted by molar-refractivity contribution is -0.142. The Morgan fingerprint density at radius 3 is 2.05 bits per heavy atom. The van der Waals surface area contributed by atoms with Crippen molar-refractivity contribution in [2.45, 2.75) is 39.0 Å². The smallest absolute Gasteiger partial charge is 0.237 e. The monoisotopic (exact) mass is 330 g/mol. The first-order valence-corrected chi connectivity index (χ1v) is 10.0. The Kier molecular flexibility index (Phi) is 5.83. The summed E-state index contributed by atoms with van der Waals surface area (Å²) in [5.41, 5.74) is 0. The van der Waals surface area contributed by atoms with Crippen LogP contribution >= 0.6 is 0 Å². The van der Waals surface area contributed by atoms with E-state index in [1.165, 1.54) is 6.42 Å². The lowest BCUT2D eigenvalue weighted by Gasteiger charge is -2.37. The fourth-order valence-corrected chi connectivity index (χ4v) is 3.93. The zero-order valence-corrected chi connectivity index (χ0v) is 14.1. The molecule has 7 heteroatoms. The van der Waals surface area contributed by atoms with Crippen LogP contribution in [0.2, 0.25) is 0 Å². The van der Waals surface area contributed by atoms with E-state index in [1.807, 2.05) is 4.90 Å². The van der Waals surface area contributed by atoms with E-state index in [9.17, 15) is 18.0 Å². The normalized spacial score (nSPS) is 21.0. The number of hydrogen-bond acceptors (Lipinski definition) is 4. The molecule has 2 fully saturated rings. The van der Waals surface area contributed by atoms with Crippen molar-refractivity contribution in [1.29, 1.82) is 0 Å². The SMILES string of the molecule is CCS(=O)(=O)CC(=O)N1CCN(C(=O)C2CCCCC2)CC1. The summed E-state index contributed by atoms with van der Waals surface area (Å²) in [6.07, 6.45) is 5.44. The maximum atomic E-state index is 12.4. The molecule has 0 atom stereocenters. The second kappa shape index (κ2) is 7.44. The fraction of sp³-hybridized carbons (Fsp3) is 0.867. The van der Waals surface area contributed by atoms with Crippen molar-refractivity contribution in [3.8, 4) is 0 Å². The van der Waals surface area contributed by atoms with E-state index in [0.717, 1.165) is 25.7 Å². The number of nitrogens with zero attached hydrogens (tertiary/aromatic N) is 2. The zero-order chi connectivity index (χ0) is 16.2. The second-order valence-corrected chi connectivity index (χ2v) is 8.57. The van der Waals surface area contributed by atoms with Gasteiger partial charge < -0.3 is 9.80 Å². The predicted octanol–water partition coefficient (Wildman–Crippen LogP) is 0.672. The summed E-state index contributed by atoms with van der Waals surface area (Å²) < 4.78 is 23.0. The first-order valence-electron chi connectivity index (χ1n) is 8.20. The van der Waals surface area contributed by atoms with Gasteiger partial charge in [-0.15, -0.1) is 0 Å². The summed E-state index contributed by atoms with van der Waals surface area (Å²) in [7, 11) is -3.29. The van der Waals surface area contributed by atoms with Gasteiger partial charge in [-0.3, -0.25) is 9.59 Å². The summed E-state index contributed by atoms with van der Waals surface area (Å²) in [6, 6.07) is 0. The topological polar surface area (TPSA) is 74.8 Å². The molecule has 0 radical (unpaired) electrons. The number of amides is 2. The standard InChI is InChI=1S/C15H26N2O4S/c1-2-22(20,21)12-14(18)16-8-10-17(11-9-16)15(19)13-6-4-3-5-7-13/h13H,2-12H2,1H3. The Labute approximate surface area is 132 Å². The molecule has 1 saturated carbocycles. The molecule has 0 spiro atoms. The van der Waals surface area contributed by atoms with Crippen LogP contribution in [-0.2, 0) is 19.4 Å². The molecule has 0 bridgehead atoms. The molecule has 0 N–H and O–H groups in total. The average molecular weight is 330 g/mol. The minimum absolute atomic E-state index is 0.0150. The highest BCUT2D eigenvalue weighted by atomic mass is 32.2. The summed E-state index contributed by atoms with van der Waals surface area (Å²) in [6.45, 7) is 3.47. The number of sulfone groups is 1. The van der Waals surface area contributed by atoms with Crippen LogP contribution in [0.25, 0.3) is 0 Å². The van der Waals surface area contributed by atoms with Gasteiger partial charge in [0.1, 0.15) is 5.75 Å². The van der Waals surface area contributed by atoms with Crippen molar-refractivity contribution in [3.05, 3.63) is 0 Å². The molecule has 1 aliphatic carbocycles. The zero-order valence-electron chi connectivity index (χ0n) is 13.3. The predicted molar refractivity (Wildman–Crippen MR) is 84.1 cm³/mol. The second-order valence-electron chi connectivity index (χ2n) is 6.22. The molecule has 2 aliphatic rings. The van der Waals surface area contributed by atoms with Gasteiger partial charge in [-0.1, -0.05) is 26.2 Å². The van der Waals surface area contributed by atoms with Gasteiger partial charge in [-0.2, -0.15) is 0 Å². The van der Waals surface area contributed by atoms with Crippen molar-refractivity contribution in [1.82, 2.24) is 9.80 Å². The Morgan fingerprint density at radius 1 is 0.955 bits per heavy atom. The van der Waals surface area contributed by atoms with Gasteiger partial charge in [-0.05, 0) is 12.8 Å². The van der Waals surface area contributed by atoms with Crippen molar-refractivity contribution in [3.63, 3.8) is 0 Å². The van der Waals surface area contributed by atoms with Gasteiger partial charge in [0.05, 0.1) is 0 Å². The molecule has 0 unspecified atom stereocenters. The summed E-state index contributed by atoms with van der Waals surface area (Å²) >= 11 is 0. The molecule has 0 aromatic carbocycles. The van der Waals surface area contributed by atoms with Gasteiger partial charge in [0.15, 0.2) is 9.84 Å². The number of carbonyl (C=O) groups is 2. The van der Waals surface area contributed by atoms with E-state index in [1.54, 1.807) is 11.8 Å². The molecule has 0 aromatic rings. The summed E-state index contributed by atoms with van der Waals surface area (Å²) in [5.74, 6) is -0.407. The number of piperazine rings is 1. The molecule has 0 aromatic heterocycles. The van der Waals surface area contributed by atoms with Crippen LogP contribution in [0.1, 0.15) is 39.0 Å². The molecule has 2 amide bonds. The third-order valence-corrected chi connectivity index (χ3v) is 6.25. The lowest BCUT2D eigenvalue weighted by atomic mass is 9.88. The van der Waals surface area contributed by atoms with Gasteiger partial charge in [0.2, 0.25) is 11.8 Å². The van der Waals surface area contributed by atoms with Crippen LogP contribution in [0.15, 0.2) is 0 Å². The average Bonchev–Trinajstić information content (AvgIpc) is 2.55. The van der Waals surface area contributed by atoms with Gasteiger partial charge in [0.25, 0.3) is 0 Å². The van der Waals surface area contributed by atoms with Crippen LogP contribution in [0.3, 0.4) is 0 Å². The van der Waals surface area contributed by atoms with Crippen molar-refractivity contribution < 1.29 is 18.0 Å². The third-order valence-electron chi connectivity index (χ3n) is 4.68. The molecule has 1 heterocycles. The number of carbonyl (C=O) groups excluding carboxylic acids is 2. The van der Waals surface area contributed by atoms with Crippen LogP contribution in [-0.4, -0.2) is 67.7 Å². The first kappa shape index (κ1) is 17.2. The molecule has 1 aliphatic heterocycles. The Balaban J connectivity index is 1.82. The molecule has 22 heavy (non-hydrogen) atoms. The van der Waals surface area contributed by atoms with Gasteiger partial charge >= 0.3 is 0 Å². The van der Waals surface area contributed by atoms with Crippen LogP contribution < -0.4 is 0 Å². The Bertz CT molecular complexity index is 504. The minimum Gasteiger partial charge on any atom is -0.339 e. The molecular formula is C15H26N2O4S. The Hall–Kier alpha value is -1.11. The van der Waals surface area contributed by atoms with E-state index < -0.39 is 15.6 Å². The molecule has 2 rings (SSSR count). The van der Waals surface area contributed by atoms with E-state index in [-0.39, 0.29) is 23.5 Å². The maximum Gasteiger partial charge on any atom is 0.237 e. The Morgan fingerprint density at radius 2 is 1.50 bits per heavy atom. The van der Waals surface area contributed by atoms with E-state index in [4.69, 9.17) is 0 Å². The van der Waals surface area contributed by atoms with Crippen molar-refractivity contribution >= 4 is 21.7 Å². The fourth-order valence-electron chi connectivity index (χ4n) is 3.17. The highest BCUT2D eigenvalue weighted by molar-refractivity contribution is 7.92. The summed E-state index contributed by atoms with van der Waals surface area (Å²) in [4.78, 5) is 27.8. The van der Waals surface area contributed by atoms with E-state index in [2.05, 4.69) is 0 Å². The highest BCUT2D eigenvalue weighted by Gasteiger charge is 2.30.